The molecule has 2 atom stereocenters. The van der Waals surface area contributed by atoms with Gasteiger partial charge in [-0.2, -0.15) is 5.10 Å². The number of aromatic nitrogens is 4. The van der Waals surface area contributed by atoms with Gasteiger partial charge < -0.3 is 35.4 Å². The predicted octanol–water partition coefficient (Wildman–Crippen LogP) is 6.25. The molecular formula is C50H61N11O5. The summed E-state index contributed by atoms with van der Waals surface area (Å²) in [6.45, 7) is 8.81. The Kier molecular flexibility index (Phi) is 14.1. The lowest BCUT2D eigenvalue weighted by atomic mass is 10.0. The largest absolute Gasteiger partial charge is 0.457 e. The first-order valence-corrected chi connectivity index (χ1v) is 23.8. The first-order chi connectivity index (χ1) is 32.3. The summed E-state index contributed by atoms with van der Waals surface area (Å²) in [6, 6.07) is 22.6. The molecule has 3 saturated heterocycles. The van der Waals surface area contributed by atoms with Crippen LogP contribution in [-0.4, -0.2) is 128 Å². The van der Waals surface area contributed by atoms with Gasteiger partial charge in [0, 0.05) is 87.6 Å². The first kappa shape index (κ1) is 44.8. The Morgan fingerprint density at radius 2 is 1.55 bits per heavy atom. The fourth-order valence-corrected chi connectivity index (χ4v) is 9.95. The Hall–Kier alpha value is -6.39. The van der Waals surface area contributed by atoms with Crippen molar-refractivity contribution in [3.63, 3.8) is 0 Å². The van der Waals surface area contributed by atoms with Crippen molar-refractivity contribution in [2.24, 2.45) is 0 Å². The van der Waals surface area contributed by atoms with Gasteiger partial charge in [0.05, 0.1) is 11.4 Å². The smallest absolute Gasteiger partial charge is 0.255 e. The highest BCUT2D eigenvalue weighted by atomic mass is 16.5. The van der Waals surface area contributed by atoms with E-state index < -0.39 is 6.04 Å². The molecule has 3 fully saturated rings. The van der Waals surface area contributed by atoms with Gasteiger partial charge in [0.25, 0.3) is 5.91 Å². The zero-order chi connectivity index (χ0) is 45.4. The summed E-state index contributed by atoms with van der Waals surface area (Å²) in [6.07, 6.45) is 11.0. The van der Waals surface area contributed by atoms with E-state index in [0.29, 0.717) is 43.0 Å². The van der Waals surface area contributed by atoms with Gasteiger partial charge in [-0.3, -0.25) is 24.5 Å². The highest BCUT2D eigenvalue weighted by Crippen LogP contribution is 2.36. The quantitative estimate of drug-likeness (QED) is 0.0665. The van der Waals surface area contributed by atoms with Crippen LogP contribution in [0.4, 0.5) is 11.5 Å². The number of carbonyl (C=O) groups excluding carboxylic acids is 4. The molecule has 5 aromatic rings. The molecule has 16 heteroatoms. The van der Waals surface area contributed by atoms with E-state index in [2.05, 4.69) is 30.4 Å². The molecule has 16 nitrogen and oxygen atoms in total. The number of piperidine rings is 2. The molecule has 4 aliphatic heterocycles. The number of nitrogens with one attached hydrogen (secondary N) is 2. The van der Waals surface area contributed by atoms with Crippen LogP contribution in [0.3, 0.4) is 0 Å². The van der Waals surface area contributed by atoms with Crippen LogP contribution < -0.4 is 21.1 Å². The van der Waals surface area contributed by atoms with Crippen LogP contribution in [-0.2, 0) is 20.9 Å². The molecule has 0 radical (unpaired) electrons. The Morgan fingerprint density at radius 1 is 0.803 bits per heavy atom. The lowest BCUT2D eigenvalue weighted by molar-refractivity contribution is -0.137. The third-order valence-electron chi connectivity index (χ3n) is 13.6. The topological polar surface area (TPSA) is 184 Å². The number of imide groups is 1. The zero-order valence-corrected chi connectivity index (χ0v) is 37.7. The van der Waals surface area contributed by atoms with Crippen molar-refractivity contribution in [3.8, 4) is 22.8 Å². The zero-order valence-electron chi connectivity index (χ0n) is 37.7. The van der Waals surface area contributed by atoms with Crippen LogP contribution in [0.25, 0.3) is 22.3 Å². The molecule has 6 heterocycles. The lowest BCUT2D eigenvalue weighted by Crippen LogP contribution is -2.52. The van der Waals surface area contributed by atoms with E-state index in [-0.39, 0.29) is 36.1 Å². The maximum absolute atomic E-state index is 13.6. The van der Waals surface area contributed by atoms with Crippen molar-refractivity contribution in [2.45, 2.75) is 89.3 Å². The maximum atomic E-state index is 13.6. The summed E-state index contributed by atoms with van der Waals surface area (Å²) in [5.74, 6) is 1.26. The number of unbranched alkanes of at least 4 members (excludes halogenated alkanes) is 4. The van der Waals surface area contributed by atoms with Gasteiger partial charge in [-0.25, -0.2) is 14.6 Å². The third kappa shape index (κ3) is 10.3. The van der Waals surface area contributed by atoms with Crippen molar-refractivity contribution >= 4 is 46.2 Å². The lowest BCUT2D eigenvalue weighted by Gasteiger charge is -2.35. The molecule has 4 N–H and O–H groups in total. The van der Waals surface area contributed by atoms with Gasteiger partial charge in [0.2, 0.25) is 17.7 Å². The van der Waals surface area contributed by atoms with Gasteiger partial charge in [-0.05, 0) is 100 Å². The number of fused-ring (bicyclic) bond motifs is 2. The number of hydrogen-bond acceptors (Lipinski definition) is 12. The minimum atomic E-state index is -0.605. The summed E-state index contributed by atoms with van der Waals surface area (Å²) in [5, 5.41) is 11.7. The summed E-state index contributed by atoms with van der Waals surface area (Å²) < 4.78 is 7.96. The van der Waals surface area contributed by atoms with E-state index in [1.54, 1.807) is 4.90 Å². The van der Waals surface area contributed by atoms with Crippen LogP contribution in [0.2, 0.25) is 0 Å². The van der Waals surface area contributed by atoms with Gasteiger partial charge in [-0.15, -0.1) is 0 Å². The number of amides is 4. The average Bonchev–Trinajstić information content (AvgIpc) is 3.90. The van der Waals surface area contributed by atoms with E-state index in [9.17, 15) is 19.2 Å². The molecule has 9 rings (SSSR count). The number of nitrogens with two attached hydrogens (primary N) is 1. The second-order valence-electron chi connectivity index (χ2n) is 18.0. The van der Waals surface area contributed by atoms with Crippen LogP contribution >= 0.6 is 0 Å². The molecule has 1 unspecified atom stereocenters. The SMILES string of the molecule is Nc1ncnc2c1c(-c1ccc(Oc3ccccc3)cc1)nn2[C@@H]1CCCN(C(=O)CCCN2CCN(CCCCCCCNc3cccc4c3CN(C3CCC(=O)NC3=O)C4=O)CC2)C1. The van der Waals surface area contributed by atoms with Crippen LogP contribution in [0.5, 0.6) is 11.5 Å². The monoisotopic (exact) mass is 895 g/mol. The number of para-hydroxylation sites is 1. The minimum absolute atomic E-state index is 0.0168. The number of benzene rings is 3. The van der Waals surface area contributed by atoms with Crippen molar-refractivity contribution in [1.29, 1.82) is 0 Å². The number of ether oxygens (including phenoxy) is 1. The normalized spacial score (nSPS) is 19.3. The Bertz CT molecular complexity index is 2510. The van der Waals surface area contributed by atoms with Crippen molar-refractivity contribution in [3.05, 3.63) is 90.3 Å². The van der Waals surface area contributed by atoms with E-state index in [1.165, 1.54) is 25.6 Å². The molecule has 0 aliphatic carbocycles. The summed E-state index contributed by atoms with van der Waals surface area (Å²) in [7, 11) is 0. The number of nitrogens with zero attached hydrogens (tertiary/aromatic N) is 8. The molecule has 66 heavy (non-hydrogen) atoms. The molecule has 4 amide bonds. The van der Waals surface area contributed by atoms with E-state index in [4.69, 9.17) is 15.6 Å². The van der Waals surface area contributed by atoms with Gasteiger partial charge >= 0.3 is 0 Å². The molecule has 0 spiro atoms. The minimum Gasteiger partial charge on any atom is -0.457 e. The molecule has 4 aliphatic rings. The summed E-state index contributed by atoms with van der Waals surface area (Å²) >= 11 is 0. The van der Waals surface area contributed by atoms with E-state index >= 15 is 0 Å². The highest BCUT2D eigenvalue weighted by Gasteiger charge is 2.40. The Morgan fingerprint density at radius 3 is 2.33 bits per heavy atom. The number of likely N-dealkylation sites (tertiary alicyclic amines) is 1. The first-order valence-electron chi connectivity index (χ1n) is 23.8. The molecule has 0 saturated carbocycles. The van der Waals surface area contributed by atoms with Crippen molar-refractivity contribution < 1.29 is 23.9 Å². The summed E-state index contributed by atoms with van der Waals surface area (Å²) in [5.41, 5.74) is 11.2. The molecule has 3 aromatic carbocycles. The predicted molar refractivity (Wildman–Crippen MR) is 253 cm³/mol. The van der Waals surface area contributed by atoms with E-state index in [1.807, 2.05) is 82.4 Å². The van der Waals surface area contributed by atoms with Gasteiger partial charge in [-0.1, -0.05) is 43.5 Å². The molecular weight excluding hydrogens is 835 g/mol. The summed E-state index contributed by atoms with van der Waals surface area (Å²) in [4.78, 5) is 68.4. The Labute approximate surface area is 385 Å². The fraction of sp³-hybridized carbons (Fsp3) is 0.460. The fourth-order valence-electron chi connectivity index (χ4n) is 9.95. The van der Waals surface area contributed by atoms with Crippen molar-refractivity contribution in [2.75, 3.05) is 70.0 Å². The van der Waals surface area contributed by atoms with E-state index in [0.717, 1.165) is 124 Å². The molecule has 0 bridgehead atoms. The second-order valence-corrected chi connectivity index (χ2v) is 18.0. The number of nitrogen functional groups attached to an aromatic ring is 1. The second kappa shape index (κ2) is 20.8. The molecule has 2 aromatic heterocycles. The van der Waals surface area contributed by atoms with Crippen LogP contribution in [0.15, 0.2) is 79.1 Å². The maximum Gasteiger partial charge on any atom is 0.255 e. The standard InChI is InChI=1S/C50H61N11O5/c51-47-45-46(35-18-20-38(21-19-35)66-37-13-5-4-6-14-37)56-61(48(45)54-34-53-47)36-12-10-27-59(32-36)44(63)17-11-26-58-30-28-57(29-31-58)25-8-3-1-2-7-24-52-41-16-9-15-39-40(41)33-60(50(39)65)42-22-23-43(62)55-49(42)64/h4-6,9,13-16,18-21,34,36,42,52H,1-3,7-8,10-12,17,22-33H2,(H2,51,53,54)(H,55,62,64)/t36-,42?/m1/s1. The molecule has 346 valence electrons. The number of piperazine rings is 1. The average molecular weight is 896 g/mol. The number of anilines is 2. The van der Waals surface area contributed by atoms with Gasteiger partial charge in [0.1, 0.15) is 35.4 Å². The van der Waals surface area contributed by atoms with Gasteiger partial charge in [0.15, 0.2) is 5.65 Å². The Balaban J connectivity index is 0.658. The van der Waals surface area contributed by atoms with Crippen LogP contribution in [0, 0.1) is 0 Å². The highest BCUT2D eigenvalue weighted by molar-refractivity contribution is 6.06. The third-order valence-corrected chi connectivity index (χ3v) is 13.6. The van der Waals surface area contributed by atoms with Crippen LogP contribution in [0.1, 0.15) is 92.6 Å². The number of rotatable bonds is 18. The number of carbonyl (C=O) groups is 4. The van der Waals surface area contributed by atoms with Crippen molar-refractivity contribution in [1.82, 2.24) is 44.7 Å². The number of hydrogen-bond donors (Lipinski definition) is 3.